The highest BCUT2D eigenvalue weighted by molar-refractivity contribution is 6.04. The summed E-state index contributed by atoms with van der Waals surface area (Å²) in [6.07, 6.45) is 0. The van der Waals surface area contributed by atoms with Crippen molar-refractivity contribution < 1.29 is 0 Å². The first-order valence-electron chi connectivity index (χ1n) is 16.8. The molecule has 0 aromatic heterocycles. The molecular weight excluding hydrogens is 579 g/mol. The van der Waals surface area contributed by atoms with Crippen LogP contribution in [-0.2, 0) is 5.41 Å². The molecule has 2 aliphatic rings. The van der Waals surface area contributed by atoms with Crippen LogP contribution in [0, 0.1) is 13.8 Å². The standard InChI is InChI=1S/C47H33N/c1-30-20-23-46(31(2)24-30)48(36-14-4-3-5-15-36)37-22-21-34-27-41-40-26-32-12-6-7-13-33(32)28-44(40)47(45(41)29-35(34)25-37)42-18-10-8-16-38(42)39-17-9-11-19-43(39)47/h3-29H,1-2H3. The van der Waals surface area contributed by atoms with Crippen LogP contribution in [0.2, 0.25) is 0 Å². The molecule has 0 amide bonds. The second-order valence-corrected chi connectivity index (χ2v) is 13.5. The lowest BCUT2D eigenvalue weighted by molar-refractivity contribution is 0.796. The minimum Gasteiger partial charge on any atom is -0.310 e. The van der Waals surface area contributed by atoms with Gasteiger partial charge in [0.05, 0.1) is 5.41 Å². The summed E-state index contributed by atoms with van der Waals surface area (Å²) >= 11 is 0. The fourth-order valence-electron chi connectivity index (χ4n) is 8.75. The van der Waals surface area contributed by atoms with Crippen molar-refractivity contribution in [2.45, 2.75) is 19.3 Å². The molecule has 1 spiro atoms. The van der Waals surface area contributed by atoms with Crippen molar-refractivity contribution in [1.82, 2.24) is 0 Å². The Labute approximate surface area is 281 Å². The van der Waals surface area contributed by atoms with Crippen molar-refractivity contribution in [3.63, 3.8) is 0 Å². The fraction of sp³-hybridized carbons (Fsp3) is 0.0638. The van der Waals surface area contributed by atoms with Crippen LogP contribution < -0.4 is 4.90 Å². The smallest absolute Gasteiger partial charge is 0.0725 e. The van der Waals surface area contributed by atoms with Gasteiger partial charge in [0.2, 0.25) is 0 Å². The zero-order chi connectivity index (χ0) is 32.0. The SMILES string of the molecule is Cc1ccc(N(c2ccccc2)c2ccc3cc4c(cc3c2)C2(c3ccccc3-c3ccccc32)c2cc3ccccc3cc2-4)c(C)c1. The summed E-state index contributed by atoms with van der Waals surface area (Å²) in [5.74, 6) is 0. The normalized spacial score (nSPS) is 13.4. The van der Waals surface area contributed by atoms with E-state index in [1.807, 2.05) is 0 Å². The second kappa shape index (κ2) is 10.0. The van der Waals surface area contributed by atoms with Crippen molar-refractivity contribution in [2.24, 2.45) is 0 Å². The van der Waals surface area contributed by atoms with Crippen LogP contribution in [0.1, 0.15) is 33.4 Å². The Balaban J connectivity index is 1.28. The first-order chi connectivity index (χ1) is 23.6. The quantitative estimate of drug-likeness (QED) is 0.192. The summed E-state index contributed by atoms with van der Waals surface area (Å²) in [7, 11) is 0. The lowest BCUT2D eigenvalue weighted by Gasteiger charge is -2.31. The largest absolute Gasteiger partial charge is 0.310 e. The number of hydrogen-bond donors (Lipinski definition) is 0. The fourth-order valence-corrected chi connectivity index (χ4v) is 8.75. The molecule has 48 heavy (non-hydrogen) atoms. The van der Waals surface area contributed by atoms with Gasteiger partial charge < -0.3 is 4.90 Å². The van der Waals surface area contributed by atoms with Gasteiger partial charge in [0.25, 0.3) is 0 Å². The summed E-state index contributed by atoms with van der Waals surface area (Å²) in [4.78, 5) is 2.40. The lowest BCUT2D eigenvalue weighted by atomic mass is 9.70. The first-order valence-corrected chi connectivity index (χ1v) is 16.8. The minimum atomic E-state index is -0.390. The van der Waals surface area contributed by atoms with E-state index >= 15 is 0 Å². The molecule has 2 aliphatic carbocycles. The molecule has 226 valence electrons. The molecule has 0 aliphatic heterocycles. The number of benzene rings is 8. The number of nitrogens with zero attached hydrogens (tertiary/aromatic N) is 1. The molecule has 1 nitrogen and oxygen atoms in total. The highest BCUT2D eigenvalue weighted by Gasteiger charge is 2.51. The van der Waals surface area contributed by atoms with Crippen LogP contribution in [0.4, 0.5) is 17.1 Å². The average Bonchev–Trinajstić information content (AvgIpc) is 3.57. The van der Waals surface area contributed by atoms with E-state index in [1.54, 1.807) is 0 Å². The van der Waals surface area contributed by atoms with E-state index in [-0.39, 0.29) is 0 Å². The topological polar surface area (TPSA) is 3.24 Å². The van der Waals surface area contributed by atoms with Gasteiger partial charge in [-0.2, -0.15) is 0 Å². The molecule has 0 heterocycles. The van der Waals surface area contributed by atoms with E-state index in [0.29, 0.717) is 0 Å². The van der Waals surface area contributed by atoms with Gasteiger partial charge in [0, 0.05) is 17.1 Å². The van der Waals surface area contributed by atoms with Gasteiger partial charge in [-0.1, -0.05) is 115 Å². The monoisotopic (exact) mass is 611 g/mol. The van der Waals surface area contributed by atoms with Crippen LogP contribution in [0.5, 0.6) is 0 Å². The molecule has 10 rings (SSSR count). The van der Waals surface area contributed by atoms with Gasteiger partial charge in [-0.25, -0.2) is 0 Å². The zero-order valence-corrected chi connectivity index (χ0v) is 27.0. The van der Waals surface area contributed by atoms with Gasteiger partial charge in [0.15, 0.2) is 0 Å². The number of hydrogen-bond acceptors (Lipinski definition) is 1. The molecule has 0 unspecified atom stereocenters. The third kappa shape index (κ3) is 3.67. The Bertz CT molecular complexity index is 2550. The molecule has 0 saturated heterocycles. The lowest BCUT2D eigenvalue weighted by Crippen LogP contribution is -2.25. The summed E-state index contributed by atoms with van der Waals surface area (Å²) in [6, 6.07) is 61.3. The summed E-state index contributed by atoms with van der Waals surface area (Å²) in [5, 5.41) is 5.06. The Morgan fingerprint density at radius 3 is 1.60 bits per heavy atom. The number of fused-ring (bicyclic) bond motifs is 12. The Morgan fingerprint density at radius 1 is 0.375 bits per heavy atom. The number of para-hydroxylation sites is 1. The van der Waals surface area contributed by atoms with Gasteiger partial charge in [-0.15, -0.1) is 0 Å². The van der Waals surface area contributed by atoms with Crippen LogP contribution in [0.3, 0.4) is 0 Å². The molecule has 0 bridgehead atoms. The minimum absolute atomic E-state index is 0.390. The van der Waals surface area contributed by atoms with E-state index in [2.05, 4.69) is 183 Å². The van der Waals surface area contributed by atoms with Crippen molar-refractivity contribution in [1.29, 1.82) is 0 Å². The Morgan fingerprint density at radius 2 is 0.938 bits per heavy atom. The molecule has 0 saturated carbocycles. The van der Waals surface area contributed by atoms with Crippen LogP contribution in [0.15, 0.2) is 164 Å². The molecule has 1 heteroatoms. The molecule has 8 aromatic carbocycles. The highest BCUT2D eigenvalue weighted by atomic mass is 15.1. The Kier molecular flexibility index (Phi) is 5.69. The first kappa shape index (κ1) is 27.2. The maximum Gasteiger partial charge on any atom is 0.0725 e. The van der Waals surface area contributed by atoms with Crippen molar-refractivity contribution in [2.75, 3.05) is 4.90 Å². The van der Waals surface area contributed by atoms with Crippen molar-refractivity contribution in [3.05, 3.63) is 197 Å². The van der Waals surface area contributed by atoms with E-state index in [4.69, 9.17) is 0 Å². The van der Waals surface area contributed by atoms with Crippen LogP contribution in [-0.4, -0.2) is 0 Å². The van der Waals surface area contributed by atoms with E-state index in [0.717, 1.165) is 11.4 Å². The van der Waals surface area contributed by atoms with Crippen molar-refractivity contribution in [3.8, 4) is 22.3 Å². The third-order valence-electron chi connectivity index (χ3n) is 10.8. The number of anilines is 3. The highest BCUT2D eigenvalue weighted by Crippen LogP contribution is 2.63. The predicted octanol–water partition coefficient (Wildman–Crippen LogP) is 12.4. The average molecular weight is 612 g/mol. The summed E-state index contributed by atoms with van der Waals surface area (Å²) in [5.41, 5.74) is 16.5. The Hall–Kier alpha value is -5.92. The van der Waals surface area contributed by atoms with Gasteiger partial charge in [0.1, 0.15) is 0 Å². The third-order valence-corrected chi connectivity index (χ3v) is 10.8. The maximum absolute atomic E-state index is 2.50. The van der Waals surface area contributed by atoms with E-state index in [9.17, 15) is 0 Å². The molecular formula is C47H33N. The molecule has 0 N–H and O–H groups in total. The van der Waals surface area contributed by atoms with E-state index < -0.39 is 5.41 Å². The zero-order valence-electron chi connectivity index (χ0n) is 27.0. The molecule has 0 atom stereocenters. The summed E-state index contributed by atoms with van der Waals surface area (Å²) in [6.45, 7) is 4.38. The molecule has 0 radical (unpaired) electrons. The second-order valence-electron chi connectivity index (χ2n) is 13.5. The van der Waals surface area contributed by atoms with Crippen LogP contribution >= 0.6 is 0 Å². The van der Waals surface area contributed by atoms with E-state index in [1.165, 1.54) is 82.9 Å². The number of rotatable bonds is 3. The van der Waals surface area contributed by atoms with Crippen LogP contribution in [0.25, 0.3) is 43.8 Å². The van der Waals surface area contributed by atoms with Gasteiger partial charge in [-0.3, -0.25) is 0 Å². The maximum atomic E-state index is 2.50. The summed E-state index contributed by atoms with van der Waals surface area (Å²) < 4.78 is 0. The number of aryl methyl sites for hydroxylation is 2. The molecule has 8 aromatic rings. The van der Waals surface area contributed by atoms with Crippen molar-refractivity contribution >= 4 is 38.6 Å². The molecule has 0 fully saturated rings. The van der Waals surface area contributed by atoms with Gasteiger partial charge in [-0.05, 0) is 140 Å². The predicted molar refractivity (Wildman–Crippen MR) is 202 cm³/mol. The van der Waals surface area contributed by atoms with Gasteiger partial charge >= 0.3 is 0 Å².